The third kappa shape index (κ3) is 4.74. The summed E-state index contributed by atoms with van der Waals surface area (Å²) in [6.07, 6.45) is -0.0857. The lowest BCUT2D eigenvalue weighted by Crippen LogP contribution is -2.12. The molecule has 0 fully saturated rings. The maximum Gasteiger partial charge on any atom is 0.205 e. The molecule has 0 aliphatic rings. The molecular formula is C18H18FN3O2S. The molecule has 1 aromatic heterocycles. The summed E-state index contributed by atoms with van der Waals surface area (Å²) < 4.78 is 18.1. The van der Waals surface area contributed by atoms with Gasteiger partial charge in [-0.2, -0.15) is 0 Å². The normalized spacial score (nSPS) is 12.0. The molecular weight excluding hydrogens is 341 g/mol. The number of methoxy groups -OCH3 is 1. The fourth-order valence-electron chi connectivity index (χ4n) is 2.32. The van der Waals surface area contributed by atoms with Gasteiger partial charge in [-0.3, -0.25) is 0 Å². The summed E-state index contributed by atoms with van der Waals surface area (Å²) in [5.74, 6) is 0.448. The fourth-order valence-corrected chi connectivity index (χ4v) is 3.10. The van der Waals surface area contributed by atoms with Crippen molar-refractivity contribution in [3.05, 3.63) is 70.5 Å². The number of benzene rings is 2. The molecule has 0 spiro atoms. The Morgan fingerprint density at radius 2 is 2.00 bits per heavy atom. The van der Waals surface area contributed by atoms with E-state index in [0.717, 1.165) is 16.1 Å². The highest BCUT2D eigenvalue weighted by Crippen LogP contribution is 2.22. The van der Waals surface area contributed by atoms with Crippen molar-refractivity contribution in [1.82, 2.24) is 10.2 Å². The first-order chi connectivity index (χ1) is 12.1. The van der Waals surface area contributed by atoms with E-state index >= 15 is 0 Å². The Kier molecular flexibility index (Phi) is 5.57. The predicted octanol–water partition coefficient (Wildman–Crippen LogP) is 3.42. The van der Waals surface area contributed by atoms with E-state index in [1.165, 1.54) is 23.5 Å². The van der Waals surface area contributed by atoms with E-state index in [4.69, 9.17) is 4.74 Å². The largest absolute Gasteiger partial charge is 0.497 e. The smallest absolute Gasteiger partial charge is 0.205 e. The Morgan fingerprint density at radius 3 is 2.76 bits per heavy atom. The van der Waals surface area contributed by atoms with Crippen LogP contribution in [-0.4, -0.2) is 29.0 Å². The summed E-state index contributed by atoms with van der Waals surface area (Å²) in [5, 5.41) is 23.0. The SMILES string of the molecule is COc1cccc(C(O)CNc2nnc(Cc3ccc(F)cc3)s2)c1. The van der Waals surface area contributed by atoms with E-state index < -0.39 is 6.10 Å². The molecule has 7 heteroatoms. The predicted molar refractivity (Wildman–Crippen MR) is 95.6 cm³/mol. The second-order valence-electron chi connectivity index (χ2n) is 5.48. The highest BCUT2D eigenvalue weighted by atomic mass is 32.1. The van der Waals surface area contributed by atoms with Gasteiger partial charge in [-0.05, 0) is 35.4 Å². The van der Waals surface area contributed by atoms with Crippen molar-refractivity contribution in [2.24, 2.45) is 0 Å². The van der Waals surface area contributed by atoms with Gasteiger partial charge >= 0.3 is 0 Å². The molecule has 0 aliphatic carbocycles. The monoisotopic (exact) mass is 359 g/mol. The first-order valence-corrected chi connectivity index (χ1v) is 8.58. The van der Waals surface area contributed by atoms with Gasteiger partial charge in [0, 0.05) is 13.0 Å². The quantitative estimate of drug-likeness (QED) is 0.677. The lowest BCUT2D eigenvalue weighted by molar-refractivity contribution is 0.191. The fraction of sp³-hybridized carbons (Fsp3) is 0.222. The Labute approximate surface area is 149 Å². The van der Waals surface area contributed by atoms with Gasteiger partial charge in [-0.1, -0.05) is 35.6 Å². The van der Waals surface area contributed by atoms with Crippen LogP contribution < -0.4 is 10.1 Å². The van der Waals surface area contributed by atoms with Crippen LogP contribution in [-0.2, 0) is 6.42 Å². The van der Waals surface area contributed by atoms with Crippen molar-refractivity contribution in [3.63, 3.8) is 0 Å². The van der Waals surface area contributed by atoms with Crippen LogP contribution in [0.4, 0.5) is 9.52 Å². The molecule has 3 rings (SSSR count). The number of rotatable bonds is 7. The molecule has 2 aromatic carbocycles. The summed E-state index contributed by atoms with van der Waals surface area (Å²) >= 11 is 1.41. The van der Waals surface area contributed by atoms with E-state index in [0.29, 0.717) is 23.8 Å². The number of aliphatic hydroxyl groups is 1. The van der Waals surface area contributed by atoms with Crippen molar-refractivity contribution in [1.29, 1.82) is 0 Å². The van der Waals surface area contributed by atoms with Gasteiger partial charge in [-0.25, -0.2) is 4.39 Å². The van der Waals surface area contributed by atoms with Crippen LogP contribution >= 0.6 is 11.3 Å². The van der Waals surface area contributed by atoms with Crippen molar-refractivity contribution in [3.8, 4) is 5.75 Å². The van der Waals surface area contributed by atoms with Crippen LogP contribution in [0.2, 0.25) is 0 Å². The van der Waals surface area contributed by atoms with Crippen molar-refractivity contribution in [2.75, 3.05) is 19.0 Å². The molecule has 130 valence electrons. The molecule has 3 aromatic rings. The Hall–Kier alpha value is -2.51. The van der Waals surface area contributed by atoms with Gasteiger partial charge in [0.2, 0.25) is 5.13 Å². The van der Waals surface area contributed by atoms with Crippen LogP contribution in [0, 0.1) is 5.82 Å². The van der Waals surface area contributed by atoms with E-state index in [9.17, 15) is 9.50 Å². The van der Waals surface area contributed by atoms with Crippen molar-refractivity contribution in [2.45, 2.75) is 12.5 Å². The van der Waals surface area contributed by atoms with Gasteiger partial charge in [0.15, 0.2) is 0 Å². The zero-order valence-electron chi connectivity index (χ0n) is 13.6. The lowest BCUT2D eigenvalue weighted by Gasteiger charge is -2.12. The molecule has 0 amide bonds. The number of ether oxygens (including phenoxy) is 1. The van der Waals surface area contributed by atoms with Gasteiger partial charge < -0.3 is 15.2 Å². The van der Waals surface area contributed by atoms with Crippen LogP contribution in [0.5, 0.6) is 5.75 Å². The van der Waals surface area contributed by atoms with Crippen molar-refractivity contribution >= 4 is 16.5 Å². The summed E-state index contributed by atoms with van der Waals surface area (Å²) in [6, 6.07) is 13.6. The standard InChI is InChI=1S/C18H18FN3O2S/c1-24-15-4-2-3-13(10-15)16(23)11-20-18-22-21-17(25-18)9-12-5-7-14(19)8-6-12/h2-8,10,16,23H,9,11H2,1H3,(H,20,22). The third-order valence-corrected chi connectivity index (χ3v) is 4.54. The lowest BCUT2D eigenvalue weighted by atomic mass is 10.1. The minimum Gasteiger partial charge on any atom is -0.497 e. The number of nitrogens with zero attached hydrogens (tertiary/aromatic N) is 2. The first kappa shape index (κ1) is 17.3. The van der Waals surface area contributed by atoms with Crippen molar-refractivity contribution < 1.29 is 14.2 Å². The molecule has 5 nitrogen and oxygen atoms in total. The number of hydrogen-bond acceptors (Lipinski definition) is 6. The van der Waals surface area contributed by atoms with Crippen LogP contribution in [0.25, 0.3) is 0 Å². The Balaban J connectivity index is 1.56. The molecule has 0 saturated carbocycles. The van der Waals surface area contributed by atoms with E-state index in [-0.39, 0.29) is 5.82 Å². The van der Waals surface area contributed by atoms with Gasteiger partial charge in [0.25, 0.3) is 0 Å². The molecule has 0 aliphatic heterocycles. The molecule has 0 saturated heterocycles. The number of nitrogens with one attached hydrogen (secondary N) is 1. The average Bonchev–Trinajstić information content (AvgIpc) is 3.09. The van der Waals surface area contributed by atoms with Crippen LogP contribution in [0.3, 0.4) is 0 Å². The highest BCUT2D eigenvalue weighted by Gasteiger charge is 2.11. The molecule has 1 unspecified atom stereocenters. The maximum absolute atomic E-state index is 12.9. The number of hydrogen-bond donors (Lipinski definition) is 2. The third-order valence-electron chi connectivity index (χ3n) is 3.66. The summed E-state index contributed by atoms with van der Waals surface area (Å²) in [6.45, 7) is 0.318. The van der Waals surface area contributed by atoms with E-state index in [1.54, 1.807) is 25.3 Å². The van der Waals surface area contributed by atoms with Gasteiger partial charge in [0.05, 0.1) is 13.2 Å². The number of anilines is 1. The summed E-state index contributed by atoms with van der Waals surface area (Å²) in [7, 11) is 1.59. The molecule has 0 bridgehead atoms. The Morgan fingerprint density at radius 1 is 1.20 bits per heavy atom. The zero-order valence-corrected chi connectivity index (χ0v) is 14.5. The van der Waals surface area contributed by atoms with Gasteiger partial charge in [0.1, 0.15) is 16.6 Å². The van der Waals surface area contributed by atoms with E-state index in [1.807, 2.05) is 18.2 Å². The number of halogens is 1. The molecule has 25 heavy (non-hydrogen) atoms. The second-order valence-corrected chi connectivity index (χ2v) is 6.54. The van der Waals surface area contributed by atoms with Crippen LogP contribution in [0.15, 0.2) is 48.5 Å². The average molecular weight is 359 g/mol. The molecule has 2 N–H and O–H groups in total. The summed E-state index contributed by atoms with van der Waals surface area (Å²) in [4.78, 5) is 0. The second kappa shape index (κ2) is 8.04. The number of aliphatic hydroxyl groups excluding tert-OH is 1. The summed E-state index contributed by atoms with van der Waals surface area (Å²) in [5.41, 5.74) is 1.74. The molecule has 1 heterocycles. The van der Waals surface area contributed by atoms with E-state index in [2.05, 4.69) is 15.5 Å². The number of aromatic nitrogens is 2. The molecule has 0 radical (unpaired) electrons. The first-order valence-electron chi connectivity index (χ1n) is 7.77. The Bertz CT molecular complexity index is 823. The minimum absolute atomic E-state index is 0.255. The topological polar surface area (TPSA) is 67.3 Å². The van der Waals surface area contributed by atoms with Crippen LogP contribution in [0.1, 0.15) is 22.2 Å². The highest BCUT2D eigenvalue weighted by molar-refractivity contribution is 7.15. The zero-order chi connectivity index (χ0) is 17.6. The maximum atomic E-state index is 12.9. The molecule has 1 atom stereocenters. The minimum atomic E-state index is -0.681. The van der Waals surface area contributed by atoms with Gasteiger partial charge in [-0.15, -0.1) is 10.2 Å².